The normalized spacial score (nSPS) is 18.4. The molecule has 6 nitrogen and oxygen atoms in total. The van der Waals surface area contributed by atoms with Gasteiger partial charge in [0.25, 0.3) is 0 Å². The molecule has 0 radical (unpaired) electrons. The molecule has 0 bridgehead atoms. The molecule has 0 saturated carbocycles. The van der Waals surface area contributed by atoms with E-state index in [4.69, 9.17) is 0 Å². The first-order chi connectivity index (χ1) is 12.9. The number of pyridine rings is 1. The molecule has 0 aliphatic carbocycles. The van der Waals surface area contributed by atoms with E-state index >= 15 is 0 Å². The second-order valence-corrected chi connectivity index (χ2v) is 8.39. The fourth-order valence-electron chi connectivity index (χ4n) is 3.58. The zero-order valence-electron chi connectivity index (χ0n) is 14.6. The van der Waals surface area contributed by atoms with Gasteiger partial charge < -0.3 is 4.57 Å². The van der Waals surface area contributed by atoms with Crippen LogP contribution in [0.2, 0.25) is 0 Å². The van der Waals surface area contributed by atoms with Gasteiger partial charge in [-0.25, -0.2) is 27.2 Å². The van der Waals surface area contributed by atoms with Crippen LogP contribution in [0.15, 0.2) is 41.4 Å². The quantitative estimate of drug-likeness (QED) is 0.685. The molecular weight excluding hydrogens is 374 g/mol. The Labute approximate surface area is 155 Å². The van der Waals surface area contributed by atoms with Gasteiger partial charge in [0.2, 0.25) is 10.0 Å². The fourth-order valence-corrected chi connectivity index (χ4v) is 5.13. The van der Waals surface area contributed by atoms with Gasteiger partial charge in [0.15, 0.2) is 5.65 Å². The van der Waals surface area contributed by atoms with E-state index < -0.39 is 26.6 Å². The highest BCUT2D eigenvalue weighted by atomic mass is 32.2. The number of fused-ring (bicyclic) bond motifs is 1. The Morgan fingerprint density at radius 1 is 1.26 bits per heavy atom. The molecule has 27 heavy (non-hydrogen) atoms. The topological polar surface area (TPSA) is 68.1 Å². The minimum absolute atomic E-state index is 0.113. The minimum Gasteiger partial charge on any atom is -0.313 e. The van der Waals surface area contributed by atoms with Crippen LogP contribution in [0.4, 0.5) is 8.78 Å². The largest absolute Gasteiger partial charge is 0.313 e. The first-order valence-electron chi connectivity index (χ1n) is 8.68. The predicted molar refractivity (Wildman–Crippen MR) is 95.7 cm³/mol. The van der Waals surface area contributed by atoms with E-state index in [0.717, 1.165) is 29.1 Å². The number of benzene rings is 1. The average molecular weight is 392 g/mol. The number of sulfonamides is 1. The maximum atomic E-state index is 14.0. The highest BCUT2D eigenvalue weighted by Crippen LogP contribution is 2.32. The van der Waals surface area contributed by atoms with E-state index in [1.807, 2.05) is 23.6 Å². The lowest BCUT2D eigenvalue weighted by Crippen LogP contribution is -2.29. The van der Waals surface area contributed by atoms with Crippen molar-refractivity contribution < 1.29 is 17.2 Å². The van der Waals surface area contributed by atoms with Gasteiger partial charge in [-0.15, -0.1) is 0 Å². The van der Waals surface area contributed by atoms with E-state index in [-0.39, 0.29) is 19.0 Å². The van der Waals surface area contributed by atoms with E-state index in [0.29, 0.717) is 19.0 Å². The molecule has 1 aliphatic rings. The zero-order chi connectivity index (χ0) is 19.2. The van der Waals surface area contributed by atoms with Crippen LogP contribution < -0.4 is 0 Å². The summed E-state index contributed by atoms with van der Waals surface area (Å²) in [6.45, 7) is 3.10. The van der Waals surface area contributed by atoms with Gasteiger partial charge in [-0.2, -0.15) is 4.31 Å². The van der Waals surface area contributed by atoms with Gasteiger partial charge in [0, 0.05) is 37.8 Å². The Morgan fingerprint density at radius 3 is 2.81 bits per heavy atom. The Hall–Kier alpha value is -2.39. The summed E-state index contributed by atoms with van der Waals surface area (Å²) in [5.74, 6) is -1.22. The van der Waals surface area contributed by atoms with Crippen molar-refractivity contribution in [3.63, 3.8) is 0 Å². The number of rotatable bonds is 4. The minimum atomic E-state index is -4.04. The lowest BCUT2D eigenvalue weighted by atomic mass is 10.1. The first-order valence-corrected chi connectivity index (χ1v) is 10.1. The molecule has 2 aromatic heterocycles. The number of hydrogen-bond acceptors (Lipinski definition) is 4. The van der Waals surface area contributed by atoms with Crippen molar-refractivity contribution in [3.8, 4) is 0 Å². The second kappa shape index (κ2) is 6.65. The van der Waals surface area contributed by atoms with Crippen LogP contribution in [0, 0.1) is 11.6 Å². The highest BCUT2D eigenvalue weighted by Gasteiger charge is 2.36. The van der Waals surface area contributed by atoms with Crippen molar-refractivity contribution in [1.29, 1.82) is 0 Å². The van der Waals surface area contributed by atoms with Gasteiger partial charge >= 0.3 is 0 Å². The average Bonchev–Trinajstić information content (AvgIpc) is 3.26. The van der Waals surface area contributed by atoms with Gasteiger partial charge in [0.1, 0.15) is 27.9 Å². The summed E-state index contributed by atoms with van der Waals surface area (Å²) in [6.07, 6.45) is 2.27. The van der Waals surface area contributed by atoms with Crippen molar-refractivity contribution in [2.45, 2.75) is 30.7 Å². The maximum Gasteiger partial charge on any atom is 0.246 e. The van der Waals surface area contributed by atoms with Gasteiger partial charge in [-0.05, 0) is 37.6 Å². The highest BCUT2D eigenvalue weighted by molar-refractivity contribution is 7.89. The van der Waals surface area contributed by atoms with Crippen LogP contribution in [0.25, 0.3) is 11.2 Å². The summed E-state index contributed by atoms with van der Waals surface area (Å²) in [5.41, 5.74) is 1.53. The molecule has 1 aliphatic heterocycles. The molecule has 142 valence electrons. The molecule has 4 rings (SSSR count). The van der Waals surface area contributed by atoms with Crippen molar-refractivity contribution >= 4 is 21.2 Å². The third kappa shape index (κ3) is 3.00. The fraction of sp³-hybridized carbons (Fsp3) is 0.333. The van der Waals surface area contributed by atoms with Crippen molar-refractivity contribution in [2.24, 2.45) is 0 Å². The van der Waals surface area contributed by atoms with E-state index in [1.165, 1.54) is 4.31 Å². The molecule has 1 fully saturated rings. The summed E-state index contributed by atoms with van der Waals surface area (Å²) < 4.78 is 55.9. The Balaban J connectivity index is 1.66. The summed E-state index contributed by atoms with van der Waals surface area (Å²) in [5, 5.41) is 0. The summed E-state index contributed by atoms with van der Waals surface area (Å²) in [6, 6.07) is 6.18. The summed E-state index contributed by atoms with van der Waals surface area (Å²) in [7, 11) is -4.04. The molecule has 1 aromatic carbocycles. The second-order valence-electron chi connectivity index (χ2n) is 6.48. The lowest BCUT2D eigenvalue weighted by molar-refractivity contribution is 0.461. The molecule has 1 atom stereocenters. The monoisotopic (exact) mass is 392 g/mol. The molecule has 0 unspecified atom stereocenters. The van der Waals surface area contributed by atoms with Crippen molar-refractivity contribution in [2.75, 3.05) is 13.1 Å². The molecule has 0 N–H and O–H groups in total. The predicted octanol–water partition coefficient (Wildman–Crippen LogP) is 2.91. The molecule has 0 spiro atoms. The molecular formula is C18H18F2N4O2S. The van der Waals surface area contributed by atoms with Crippen LogP contribution in [-0.2, 0) is 16.6 Å². The Morgan fingerprint density at radius 2 is 2.07 bits per heavy atom. The SMILES string of the molecule is CCn1c([C@H]2CCN(S(=O)(=O)c3ccc(F)cc3F)C2)nc2cccnc21. The Bertz CT molecular complexity index is 1110. The first kappa shape index (κ1) is 18.0. The smallest absolute Gasteiger partial charge is 0.246 e. The number of imidazole rings is 1. The van der Waals surface area contributed by atoms with E-state index in [1.54, 1.807) is 6.20 Å². The molecule has 3 aromatic rings. The third-order valence-electron chi connectivity index (χ3n) is 4.88. The van der Waals surface area contributed by atoms with Crippen molar-refractivity contribution in [1.82, 2.24) is 18.8 Å². The van der Waals surface area contributed by atoms with Crippen LogP contribution in [0.1, 0.15) is 25.1 Å². The summed E-state index contributed by atoms with van der Waals surface area (Å²) >= 11 is 0. The number of aryl methyl sites for hydroxylation is 1. The van der Waals surface area contributed by atoms with E-state index in [2.05, 4.69) is 9.97 Å². The van der Waals surface area contributed by atoms with Gasteiger partial charge in [-0.1, -0.05) is 0 Å². The molecule has 0 amide bonds. The Kier molecular flexibility index (Phi) is 4.43. The molecule has 9 heteroatoms. The van der Waals surface area contributed by atoms with Gasteiger partial charge in [-0.3, -0.25) is 0 Å². The number of halogens is 2. The van der Waals surface area contributed by atoms with Crippen LogP contribution in [0.5, 0.6) is 0 Å². The summed E-state index contributed by atoms with van der Waals surface area (Å²) in [4.78, 5) is 8.50. The third-order valence-corrected chi connectivity index (χ3v) is 6.78. The van der Waals surface area contributed by atoms with Crippen LogP contribution in [-0.4, -0.2) is 40.3 Å². The van der Waals surface area contributed by atoms with Gasteiger partial charge in [0.05, 0.1) is 0 Å². The number of aromatic nitrogens is 3. The zero-order valence-corrected chi connectivity index (χ0v) is 15.5. The number of nitrogens with zero attached hydrogens (tertiary/aromatic N) is 4. The molecule has 1 saturated heterocycles. The maximum absolute atomic E-state index is 14.0. The van der Waals surface area contributed by atoms with Crippen LogP contribution in [0.3, 0.4) is 0 Å². The standard InChI is InChI=1S/C18H18F2N4O2S/c1-2-24-17(22-15-4-3-8-21-18(15)24)12-7-9-23(11-12)27(25,26)16-6-5-13(19)10-14(16)20/h3-6,8,10,12H,2,7,9,11H2,1H3/t12-/m0/s1. The van der Waals surface area contributed by atoms with Crippen LogP contribution >= 0.6 is 0 Å². The van der Waals surface area contributed by atoms with Crippen molar-refractivity contribution in [3.05, 3.63) is 54.0 Å². The molecule has 3 heterocycles. The lowest BCUT2D eigenvalue weighted by Gasteiger charge is -2.17. The van der Waals surface area contributed by atoms with E-state index in [9.17, 15) is 17.2 Å². The number of hydrogen-bond donors (Lipinski definition) is 0.